The topological polar surface area (TPSA) is 41.1 Å². The Morgan fingerprint density at radius 3 is 2.94 bits per heavy atom. The number of benzene rings is 1. The normalized spacial score (nSPS) is 20.0. The third-order valence-electron chi connectivity index (χ3n) is 2.81. The predicted molar refractivity (Wildman–Crippen MR) is 75.2 cm³/mol. The smallest absolute Gasteiger partial charge is 0.252 e. The van der Waals surface area contributed by atoms with E-state index in [0.717, 1.165) is 34.9 Å². The van der Waals surface area contributed by atoms with Crippen LogP contribution in [0, 0.1) is 0 Å². The number of carbonyl (C=O) groups excluding carboxylic acids is 1. The molecule has 0 saturated carbocycles. The van der Waals surface area contributed by atoms with E-state index < -0.39 is 0 Å². The molecule has 5 heteroatoms. The predicted octanol–water partition coefficient (Wildman–Crippen LogP) is 2.69. The van der Waals surface area contributed by atoms with Gasteiger partial charge in [-0.3, -0.25) is 4.79 Å². The van der Waals surface area contributed by atoms with E-state index in [2.05, 4.69) is 42.5 Å². The molecule has 2 N–H and O–H groups in total. The molecule has 0 aliphatic carbocycles. The van der Waals surface area contributed by atoms with Crippen molar-refractivity contribution in [3.63, 3.8) is 0 Å². The second kappa shape index (κ2) is 5.98. The summed E-state index contributed by atoms with van der Waals surface area (Å²) >= 11 is 6.78. The number of nitrogens with one attached hydrogen (secondary N) is 2. The molecule has 0 bridgehead atoms. The zero-order valence-electron chi connectivity index (χ0n) is 9.30. The molecule has 17 heavy (non-hydrogen) atoms. The van der Waals surface area contributed by atoms with E-state index in [0.29, 0.717) is 5.56 Å². The van der Waals surface area contributed by atoms with Crippen LogP contribution in [0.3, 0.4) is 0 Å². The van der Waals surface area contributed by atoms with Crippen molar-refractivity contribution in [2.24, 2.45) is 0 Å². The van der Waals surface area contributed by atoms with Crippen LogP contribution in [0.25, 0.3) is 0 Å². The third-order valence-corrected chi connectivity index (χ3v) is 3.99. The average Bonchev–Trinajstić information content (AvgIpc) is 2.33. The molecule has 1 amide bonds. The van der Waals surface area contributed by atoms with Crippen molar-refractivity contribution >= 4 is 37.8 Å². The molecule has 3 nitrogen and oxygen atoms in total. The minimum Gasteiger partial charge on any atom is -0.348 e. The first-order valence-electron chi connectivity index (χ1n) is 5.63. The highest BCUT2D eigenvalue weighted by Gasteiger charge is 2.17. The van der Waals surface area contributed by atoms with Crippen molar-refractivity contribution in [1.82, 2.24) is 10.6 Å². The summed E-state index contributed by atoms with van der Waals surface area (Å²) in [6.07, 6.45) is 2.16. The van der Waals surface area contributed by atoms with E-state index in [9.17, 15) is 4.79 Å². The maximum Gasteiger partial charge on any atom is 0.252 e. The molecular weight excluding hydrogens is 348 g/mol. The van der Waals surface area contributed by atoms with Gasteiger partial charge in [-0.1, -0.05) is 15.9 Å². The van der Waals surface area contributed by atoms with E-state index in [1.165, 1.54) is 0 Å². The molecular formula is C12H14Br2N2O. The van der Waals surface area contributed by atoms with Crippen LogP contribution in [0.4, 0.5) is 0 Å². The maximum absolute atomic E-state index is 12.1. The maximum atomic E-state index is 12.1. The summed E-state index contributed by atoms with van der Waals surface area (Å²) in [6, 6.07) is 5.85. The molecule has 1 fully saturated rings. The first-order chi connectivity index (χ1) is 8.16. The summed E-state index contributed by atoms with van der Waals surface area (Å²) in [5.41, 5.74) is 0.671. The van der Waals surface area contributed by atoms with Crippen molar-refractivity contribution in [3.05, 3.63) is 32.7 Å². The molecule has 1 aromatic carbocycles. The fourth-order valence-corrected chi connectivity index (χ4v) is 2.70. The molecule has 2 rings (SSSR count). The molecule has 1 saturated heterocycles. The quantitative estimate of drug-likeness (QED) is 0.850. The summed E-state index contributed by atoms with van der Waals surface area (Å²) in [6.45, 7) is 1.91. The molecule has 1 atom stereocenters. The van der Waals surface area contributed by atoms with Crippen LogP contribution in [-0.2, 0) is 0 Å². The van der Waals surface area contributed by atoms with E-state index in [1.54, 1.807) is 0 Å². The van der Waals surface area contributed by atoms with Crippen molar-refractivity contribution < 1.29 is 4.79 Å². The molecule has 0 aromatic heterocycles. The highest BCUT2D eigenvalue weighted by molar-refractivity contribution is 9.11. The number of rotatable bonds is 2. The standard InChI is InChI=1S/C12H14Br2N2O/c13-8-3-4-11(14)10(6-8)12(17)16-9-2-1-5-15-7-9/h3-4,6,9,15H,1-2,5,7H2,(H,16,17). The van der Waals surface area contributed by atoms with Crippen LogP contribution >= 0.6 is 31.9 Å². The van der Waals surface area contributed by atoms with Gasteiger partial charge in [-0.05, 0) is 53.5 Å². The lowest BCUT2D eigenvalue weighted by Crippen LogP contribution is -2.45. The van der Waals surface area contributed by atoms with Crippen LogP contribution in [0.2, 0.25) is 0 Å². The van der Waals surface area contributed by atoms with Crippen molar-refractivity contribution in [1.29, 1.82) is 0 Å². The minimum absolute atomic E-state index is 0.0214. The fraction of sp³-hybridized carbons (Fsp3) is 0.417. The molecule has 1 aliphatic rings. The second-order valence-electron chi connectivity index (χ2n) is 4.14. The van der Waals surface area contributed by atoms with Crippen molar-refractivity contribution in [3.8, 4) is 0 Å². The zero-order valence-corrected chi connectivity index (χ0v) is 12.5. The van der Waals surface area contributed by atoms with Gasteiger partial charge in [-0.15, -0.1) is 0 Å². The van der Waals surface area contributed by atoms with Gasteiger partial charge in [-0.2, -0.15) is 0 Å². The Bertz CT molecular complexity index is 417. The number of hydrogen-bond acceptors (Lipinski definition) is 2. The molecule has 0 radical (unpaired) electrons. The van der Waals surface area contributed by atoms with Gasteiger partial charge in [0.1, 0.15) is 0 Å². The lowest BCUT2D eigenvalue weighted by molar-refractivity contribution is 0.0930. The molecule has 1 heterocycles. The van der Waals surface area contributed by atoms with E-state index in [4.69, 9.17) is 0 Å². The lowest BCUT2D eigenvalue weighted by Gasteiger charge is -2.24. The first-order valence-corrected chi connectivity index (χ1v) is 7.22. The SMILES string of the molecule is O=C(NC1CCCNC1)c1cc(Br)ccc1Br. The fourth-order valence-electron chi connectivity index (χ4n) is 1.91. The van der Waals surface area contributed by atoms with E-state index in [-0.39, 0.29) is 11.9 Å². The second-order valence-corrected chi connectivity index (χ2v) is 5.91. The molecule has 0 spiro atoms. The number of hydrogen-bond donors (Lipinski definition) is 2. The minimum atomic E-state index is -0.0214. The Labute approximate surface area is 118 Å². The Morgan fingerprint density at radius 2 is 2.24 bits per heavy atom. The van der Waals surface area contributed by atoms with E-state index >= 15 is 0 Å². The van der Waals surface area contributed by atoms with Gasteiger partial charge in [0.05, 0.1) is 5.56 Å². The molecule has 1 unspecified atom stereocenters. The molecule has 1 aliphatic heterocycles. The zero-order chi connectivity index (χ0) is 12.3. The number of carbonyl (C=O) groups is 1. The van der Waals surface area contributed by atoms with Gasteiger partial charge in [-0.25, -0.2) is 0 Å². The summed E-state index contributed by atoms with van der Waals surface area (Å²) < 4.78 is 1.73. The number of halogens is 2. The summed E-state index contributed by atoms with van der Waals surface area (Å²) in [4.78, 5) is 12.1. The summed E-state index contributed by atoms with van der Waals surface area (Å²) in [5.74, 6) is -0.0214. The third kappa shape index (κ3) is 3.53. The van der Waals surface area contributed by atoms with E-state index in [1.807, 2.05) is 18.2 Å². The van der Waals surface area contributed by atoms with Gasteiger partial charge in [0, 0.05) is 21.5 Å². The van der Waals surface area contributed by atoms with Crippen molar-refractivity contribution in [2.75, 3.05) is 13.1 Å². The lowest BCUT2D eigenvalue weighted by atomic mass is 10.1. The van der Waals surface area contributed by atoms with Gasteiger partial charge in [0.2, 0.25) is 0 Å². The molecule has 92 valence electrons. The molecule has 1 aromatic rings. The van der Waals surface area contributed by atoms with Gasteiger partial charge in [0.25, 0.3) is 5.91 Å². The Hall–Kier alpha value is -0.390. The van der Waals surface area contributed by atoms with Crippen LogP contribution < -0.4 is 10.6 Å². The number of amides is 1. The van der Waals surface area contributed by atoms with Crippen LogP contribution in [0.5, 0.6) is 0 Å². The van der Waals surface area contributed by atoms with Gasteiger partial charge < -0.3 is 10.6 Å². The monoisotopic (exact) mass is 360 g/mol. The van der Waals surface area contributed by atoms with Crippen LogP contribution in [0.1, 0.15) is 23.2 Å². The highest BCUT2D eigenvalue weighted by atomic mass is 79.9. The number of piperidine rings is 1. The summed E-state index contributed by atoms with van der Waals surface area (Å²) in [7, 11) is 0. The summed E-state index contributed by atoms with van der Waals surface area (Å²) in [5, 5.41) is 6.33. The largest absolute Gasteiger partial charge is 0.348 e. The van der Waals surface area contributed by atoms with Crippen molar-refractivity contribution in [2.45, 2.75) is 18.9 Å². The van der Waals surface area contributed by atoms with Gasteiger partial charge in [0.15, 0.2) is 0 Å². The van der Waals surface area contributed by atoms with Gasteiger partial charge >= 0.3 is 0 Å². The Morgan fingerprint density at radius 1 is 1.41 bits per heavy atom. The Kier molecular flexibility index (Phi) is 4.59. The van der Waals surface area contributed by atoms with Crippen LogP contribution in [0.15, 0.2) is 27.1 Å². The Balaban J connectivity index is 2.05. The first kappa shape index (κ1) is 13.1. The highest BCUT2D eigenvalue weighted by Crippen LogP contribution is 2.21. The average molecular weight is 362 g/mol. The van der Waals surface area contributed by atoms with Crippen LogP contribution in [-0.4, -0.2) is 25.0 Å².